The van der Waals surface area contributed by atoms with Gasteiger partial charge in [-0.3, -0.25) is 4.79 Å². The lowest BCUT2D eigenvalue weighted by atomic mass is 10.1. The van der Waals surface area contributed by atoms with Crippen LogP contribution in [0.3, 0.4) is 0 Å². The van der Waals surface area contributed by atoms with E-state index in [1.54, 1.807) is 21.7 Å². The Balaban J connectivity index is 1.38. The Morgan fingerprint density at radius 2 is 1.93 bits per heavy atom. The minimum Gasteiger partial charge on any atom is -0.343 e. The highest BCUT2D eigenvalue weighted by Gasteiger charge is 2.26. The second-order valence-electron chi connectivity index (χ2n) is 7.16. The van der Waals surface area contributed by atoms with Crippen LogP contribution in [0, 0.1) is 5.82 Å². The van der Waals surface area contributed by atoms with Crippen LogP contribution in [0.4, 0.5) is 14.9 Å². The summed E-state index contributed by atoms with van der Waals surface area (Å²) in [5.41, 5.74) is 2.03. The van der Waals surface area contributed by atoms with Crippen molar-refractivity contribution in [1.29, 1.82) is 0 Å². The molecule has 2 aliphatic heterocycles. The maximum atomic E-state index is 13.3. The summed E-state index contributed by atoms with van der Waals surface area (Å²) in [6.45, 7) is 3.07. The van der Waals surface area contributed by atoms with Crippen molar-refractivity contribution < 1.29 is 14.0 Å². The molecule has 0 aliphatic carbocycles. The van der Waals surface area contributed by atoms with Gasteiger partial charge in [-0.05, 0) is 31.0 Å². The van der Waals surface area contributed by atoms with Gasteiger partial charge in [0, 0.05) is 38.2 Å². The number of nitrogens with one attached hydrogen (secondary N) is 1. The normalized spacial score (nSPS) is 16.2. The van der Waals surface area contributed by atoms with E-state index in [0.717, 1.165) is 37.3 Å². The van der Waals surface area contributed by atoms with Crippen LogP contribution in [0.15, 0.2) is 24.3 Å². The molecule has 148 valence electrons. The lowest BCUT2D eigenvalue weighted by Gasteiger charge is -2.28. The molecule has 1 N–H and O–H groups in total. The van der Waals surface area contributed by atoms with Crippen molar-refractivity contribution in [3.05, 3.63) is 41.5 Å². The molecule has 3 heterocycles. The molecule has 0 saturated carbocycles. The van der Waals surface area contributed by atoms with Crippen LogP contribution < -0.4 is 5.32 Å². The number of benzene rings is 1. The lowest BCUT2D eigenvalue weighted by Crippen LogP contribution is -2.41. The van der Waals surface area contributed by atoms with Crippen LogP contribution in [0.1, 0.15) is 30.7 Å². The van der Waals surface area contributed by atoms with Crippen LogP contribution in [-0.2, 0) is 24.3 Å². The average Bonchev–Trinajstić information content (AvgIpc) is 3.36. The fourth-order valence-electron chi connectivity index (χ4n) is 3.68. The number of nitrogens with zero attached hydrogens (tertiary/aromatic N) is 5. The monoisotopic (exact) mass is 386 g/mol. The number of aromatic nitrogens is 3. The smallest absolute Gasteiger partial charge is 0.322 e. The first-order chi connectivity index (χ1) is 13.6. The fraction of sp³-hybridized carbons (Fsp3) is 0.474. The number of carbonyl (C=O) groups is 2. The number of halogens is 1. The van der Waals surface area contributed by atoms with Crippen LogP contribution in [0.2, 0.25) is 0 Å². The highest BCUT2D eigenvalue weighted by Crippen LogP contribution is 2.19. The van der Waals surface area contributed by atoms with Gasteiger partial charge in [-0.1, -0.05) is 11.3 Å². The van der Waals surface area contributed by atoms with Gasteiger partial charge in [0.1, 0.15) is 5.82 Å². The molecule has 8 nitrogen and oxygen atoms in total. The third-order valence-electron chi connectivity index (χ3n) is 5.24. The summed E-state index contributed by atoms with van der Waals surface area (Å²) in [5.74, 6) is -0.251. The summed E-state index contributed by atoms with van der Waals surface area (Å²) in [7, 11) is 0. The highest BCUT2D eigenvalue weighted by atomic mass is 19.1. The van der Waals surface area contributed by atoms with Gasteiger partial charge < -0.3 is 15.1 Å². The van der Waals surface area contributed by atoms with Gasteiger partial charge in [-0.2, -0.15) is 0 Å². The van der Waals surface area contributed by atoms with Gasteiger partial charge in [0.05, 0.1) is 24.5 Å². The molecule has 1 saturated heterocycles. The Morgan fingerprint density at radius 3 is 2.71 bits per heavy atom. The summed E-state index contributed by atoms with van der Waals surface area (Å²) in [5, 5.41) is 11.1. The number of fused-ring (bicyclic) bond motifs is 1. The SMILES string of the molecule is O=C(CCc1nnn2c1CN(C(=O)Nc1cccc(F)c1)CC2)N1CCCC1. The number of urea groups is 1. The highest BCUT2D eigenvalue weighted by molar-refractivity contribution is 5.89. The Labute approximate surface area is 162 Å². The number of carbonyl (C=O) groups excluding carboxylic acids is 2. The number of amides is 3. The minimum absolute atomic E-state index is 0.149. The zero-order valence-corrected chi connectivity index (χ0v) is 15.6. The second-order valence-corrected chi connectivity index (χ2v) is 7.16. The molecule has 3 amide bonds. The van der Waals surface area contributed by atoms with Gasteiger partial charge in [0.15, 0.2) is 0 Å². The van der Waals surface area contributed by atoms with E-state index >= 15 is 0 Å². The van der Waals surface area contributed by atoms with Crippen LogP contribution in [0.5, 0.6) is 0 Å². The lowest BCUT2D eigenvalue weighted by molar-refractivity contribution is -0.130. The number of rotatable bonds is 4. The Bertz CT molecular complexity index is 877. The van der Waals surface area contributed by atoms with Gasteiger partial charge in [-0.25, -0.2) is 13.9 Å². The van der Waals surface area contributed by atoms with Crippen molar-refractivity contribution in [1.82, 2.24) is 24.8 Å². The maximum absolute atomic E-state index is 13.3. The van der Waals surface area contributed by atoms with Gasteiger partial charge in [0.25, 0.3) is 0 Å². The summed E-state index contributed by atoms with van der Waals surface area (Å²) < 4.78 is 15.1. The van der Waals surface area contributed by atoms with E-state index in [1.165, 1.54) is 12.1 Å². The number of hydrogen-bond acceptors (Lipinski definition) is 4. The zero-order chi connectivity index (χ0) is 19.5. The van der Waals surface area contributed by atoms with Crippen molar-refractivity contribution in [3.8, 4) is 0 Å². The first kappa shape index (κ1) is 18.4. The number of anilines is 1. The molecule has 0 bridgehead atoms. The van der Waals surface area contributed by atoms with Crippen molar-refractivity contribution in [3.63, 3.8) is 0 Å². The van der Waals surface area contributed by atoms with Crippen molar-refractivity contribution in [2.75, 3.05) is 25.0 Å². The molecular weight excluding hydrogens is 363 g/mol. The predicted octanol–water partition coefficient (Wildman–Crippen LogP) is 2.02. The number of likely N-dealkylation sites (tertiary alicyclic amines) is 1. The molecule has 1 aromatic heterocycles. The largest absolute Gasteiger partial charge is 0.343 e. The van der Waals surface area contributed by atoms with E-state index in [-0.39, 0.29) is 11.9 Å². The predicted molar refractivity (Wildman–Crippen MR) is 100.0 cm³/mol. The van der Waals surface area contributed by atoms with Gasteiger partial charge in [0.2, 0.25) is 5.91 Å². The molecule has 28 heavy (non-hydrogen) atoms. The van der Waals surface area contributed by atoms with Crippen molar-refractivity contribution in [2.45, 2.75) is 38.8 Å². The zero-order valence-electron chi connectivity index (χ0n) is 15.6. The van der Waals surface area contributed by atoms with E-state index in [9.17, 15) is 14.0 Å². The molecule has 9 heteroatoms. The first-order valence-electron chi connectivity index (χ1n) is 9.60. The summed E-state index contributed by atoms with van der Waals surface area (Å²) in [6, 6.07) is 5.51. The molecule has 0 unspecified atom stereocenters. The van der Waals surface area contributed by atoms with Gasteiger partial charge >= 0.3 is 6.03 Å². The molecule has 2 aliphatic rings. The van der Waals surface area contributed by atoms with E-state index in [2.05, 4.69) is 15.6 Å². The minimum atomic E-state index is -0.399. The number of aryl methyl sites for hydroxylation is 1. The Morgan fingerprint density at radius 1 is 1.11 bits per heavy atom. The topological polar surface area (TPSA) is 83.4 Å². The van der Waals surface area contributed by atoms with Crippen molar-refractivity contribution in [2.24, 2.45) is 0 Å². The molecule has 4 rings (SSSR count). The van der Waals surface area contributed by atoms with Gasteiger partial charge in [-0.15, -0.1) is 5.10 Å². The van der Waals surface area contributed by atoms with E-state index in [0.29, 0.717) is 38.2 Å². The molecule has 1 aromatic carbocycles. The molecular formula is C19H23FN6O2. The second kappa shape index (κ2) is 7.95. The van der Waals surface area contributed by atoms with E-state index < -0.39 is 5.82 Å². The van der Waals surface area contributed by atoms with Crippen LogP contribution in [-0.4, -0.2) is 56.4 Å². The summed E-state index contributed by atoms with van der Waals surface area (Å²) >= 11 is 0. The maximum Gasteiger partial charge on any atom is 0.322 e. The standard InChI is InChI=1S/C19H23FN6O2/c20-14-4-3-5-15(12-14)21-19(28)25-10-11-26-17(13-25)16(22-23-26)6-7-18(27)24-8-1-2-9-24/h3-5,12H,1-2,6-11,13H2,(H,21,28). The number of hydrogen-bond donors (Lipinski definition) is 1. The molecule has 0 atom stereocenters. The molecule has 0 radical (unpaired) electrons. The van der Waals surface area contributed by atoms with Crippen LogP contribution >= 0.6 is 0 Å². The first-order valence-corrected chi connectivity index (χ1v) is 9.60. The third kappa shape index (κ3) is 3.97. The quantitative estimate of drug-likeness (QED) is 0.871. The Hall–Kier alpha value is -2.97. The molecule has 2 aromatic rings. The third-order valence-corrected chi connectivity index (χ3v) is 5.24. The molecule has 1 fully saturated rings. The van der Waals surface area contributed by atoms with E-state index in [1.807, 2.05) is 4.90 Å². The summed E-state index contributed by atoms with van der Waals surface area (Å²) in [6.07, 6.45) is 3.07. The summed E-state index contributed by atoms with van der Waals surface area (Å²) in [4.78, 5) is 28.4. The molecule has 0 spiro atoms. The Kier molecular flexibility index (Phi) is 5.23. The van der Waals surface area contributed by atoms with E-state index in [4.69, 9.17) is 0 Å². The average molecular weight is 386 g/mol. The van der Waals surface area contributed by atoms with Crippen molar-refractivity contribution >= 4 is 17.6 Å². The van der Waals surface area contributed by atoms with Crippen LogP contribution in [0.25, 0.3) is 0 Å². The fourth-order valence-corrected chi connectivity index (χ4v) is 3.68.